The predicted octanol–water partition coefficient (Wildman–Crippen LogP) is 3.20. The largest absolute Gasteiger partial charge is 0.324 e. The normalized spacial score (nSPS) is 12.7. The van der Waals surface area contributed by atoms with Crippen molar-refractivity contribution in [1.82, 2.24) is 4.98 Å². The molecule has 0 aliphatic rings. The molecule has 1 heterocycles. The van der Waals surface area contributed by atoms with Gasteiger partial charge in [-0.05, 0) is 36.6 Å². The molecule has 20 heavy (non-hydrogen) atoms. The van der Waals surface area contributed by atoms with Gasteiger partial charge in [-0.15, -0.1) is 0 Å². The second kappa shape index (κ2) is 6.20. The molecule has 0 aliphatic carbocycles. The summed E-state index contributed by atoms with van der Waals surface area (Å²) in [7, 11) is 0. The van der Waals surface area contributed by atoms with Crippen LogP contribution in [0, 0.1) is 5.92 Å². The molecule has 4 nitrogen and oxygen atoms in total. The van der Waals surface area contributed by atoms with E-state index in [1.807, 2.05) is 26.0 Å². The second-order valence-corrected chi connectivity index (χ2v) is 5.63. The lowest BCUT2D eigenvalue weighted by atomic mass is 10.0. The first-order valence-corrected chi connectivity index (χ1v) is 6.96. The van der Waals surface area contributed by atoms with E-state index in [2.05, 4.69) is 10.3 Å². The molecule has 106 valence electrons. The number of benzene rings is 1. The number of aromatic nitrogens is 1. The fraction of sp³-hybridized carbons (Fsp3) is 0.333. The SMILES string of the molecule is CC(C)C[C@H](N)C(=O)Nc1ccc(Cl)c2ncccc12. The van der Waals surface area contributed by atoms with Crippen LogP contribution < -0.4 is 11.1 Å². The summed E-state index contributed by atoms with van der Waals surface area (Å²) in [5, 5.41) is 4.23. The molecule has 1 amide bonds. The van der Waals surface area contributed by atoms with E-state index in [1.165, 1.54) is 0 Å². The molecule has 0 unspecified atom stereocenters. The van der Waals surface area contributed by atoms with Gasteiger partial charge in [0.15, 0.2) is 0 Å². The average molecular weight is 292 g/mol. The number of carbonyl (C=O) groups is 1. The summed E-state index contributed by atoms with van der Waals surface area (Å²) in [6.07, 6.45) is 2.32. The van der Waals surface area contributed by atoms with Crippen molar-refractivity contribution in [2.24, 2.45) is 11.7 Å². The van der Waals surface area contributed by atoms with E-state index in [0.29, 0.717) is 28.6 Å². The fourth-order valence-corrected chi connectivity index (χ4v) is 2.30. The summed E-state index contributed by atoms with van der Waals surface area (Å²) >= 11 is 6.10. The van der Waals surface area contributed by atoms with E-state index in [9.17, 15) is 4.79 Å². The Labute approximate surface area is 123 Å². The molecule has 3 N–H and O–H groups in total. The standard InChI is InChI=1S/C15H18ClN3O/c1-9(2)8-12(17)15(20)19-13-6-5-11(16)14-10(13)4-3-7-18-14/h3-7,9,12H,8,17H2,1-2H3,(H,19,20)/t12-/m0/s1. The summed E-state index contributed by atoms with van der Waals surface area (Å²) in [6, 6.07) is 6.66. The van der Waals surface area contributed by atoms with Gasteiger partial charge >= 0.3 is 0 Å². The Bertz CT molecular complexity index is 628. The highest BCUT2D eigenvalue weighted by Crippen LogP contribution is 2.28. The van der Waals surface area contributed by atoms with E-state index >= 15 is 0 Å². The number of halogens is 1. The quantitative estimate of drug-likeness (QED) is 0.909. The molecule has 1 aromatic carbocycles. The molecule has 0 saturated heterocycles. The monoisotopic (exact) mass is 291 g/mol. The number of nitrogens with zero attached hydrogens (tertiary/aromatic N) is 1. The van der Waals surface area contributed by atoms with Gasteiger partial charge < -0.3 is 11.1 Å². The first-order valence-electron chi connectivity index (χ1n) is 6.58. The minimum atomic E-state index is -0.516. The Kier molecular flexibility index (Phi) is 4.57. The van der Waals surface area contributed by atoms with E-state index in [-0.39, 0.29) is 5.91 Å². The summed E-state index contributed by atoms with van der Waals surface area (Å²) in [5.41, 5.74) is 7.24. The van der Waals surface area contributed by atoms with Crippen LogP contribution in [-0.2, 0) is 4.79 Å². The predicted molar refractivity (Wildman–Crippen MR) is 82.8 cm³/mol. The van der Waals surface area contributed by atoms with Gasteiger partial charge in [-0.25, -0.2) is 0 Å². The van der Waals surface area contributed by atoms with E-state index < -0.39 is 6.04 Å². The molecule has 0 saturated carbocycles. The van der Waals surface area contributed by atoms with Gasteiger partial charge in [-0.1, -0.05) is 25.4 Å². The maximum atomic E-state index is 12.1. The number of pyridine rings is 1. The van der Waals surface area contributed by atoms with Gasteiger partial charge in [0, 0.05) is 11.6 Å². The smallest absolute Gasteiger partial charge is 0.241 e. The Morgan fingerprint density at radius 1 is 1.40 bits per heavy atom. The van der Waals surface area contributed by atoms with E-state index in [4.69, 9.17) is 17.3 Å². The third-order valence-electron chi connectivity index (χ3n) is 3.04. The van der Waals surface area contributed by atoms with Crippen LogP contribution in [0.5, 0.6) is 0 Å². The topological polar surface area (TPSA) is 68.0 Å². The van der Waals surface area contributed by atoms with Crippen LogP contribution in [0.4, 0.5) is 5.69 Å². The maximum Gasteiger partial charge on any atom is 0.241 e. The average Bonchev–Trinajstić information content (AvgIpc) is 2.41. The third kappa shape index (κ3) is 3.26. The number of hydrogen-bond acceptors (Lipinski definition) is 3. The second-order valence-electron chi connectivity index (χ2n) is 5.22. The van der Waals surface area contributed by atoms with Crippen molar-refractivity contribution >= 4 is 34.1 Å². The Balaban J connectivity index is 2.26. The lowest BCUT2D eigenvalue weighted by Crippen LogP contribution is -2.36. The zero-order chi connectivity index (χ0) is 14.7. The highest BCUT2D eigenvalue weighted by Gasteiger charge is 2.16. The van der Waals surface area contributed by atoms with Crippen LogP contribution in [-0.4, -0.2) is 16.9 Å². The molecule has 0 radical (unpaired) electrons. The van der Waals surface area contributed by atoms with Crippen LogP contribution in [0.2, 0.25) is 5.02 Å². The summed E-state index contributed by atoms with van der Waals surface area (Å²) in [6.45, 7) is 4.07. The lowest BCUT2D eigenvalue weighted by Gasteiger charge is -2.15. The van der Waals surface area contributed by atoms with Crippen LogP contribution in [0.15, 0.2) is 30.5 Å². The summed E-state index contributed by atoms with van der Waals surface area (Å²) in [4.78, 5) is 16.3. The van der Waals surface area contributed by atoms with Crippen LogP contribution in [0.3, 0.4) is 0 Å². The molecule has 5 heteroatoms. The van der Waals surface area contributed by atoms with Gasteiger partial charge in [0.05, 0.1) is 22.3 Å². The zero-order valence-corrected chi connectivity index (χ0v) is 12.3. The maximum absolute atomic E-state index is 12.1. The first kappa shape index (κ1) is 14.8. The van der Waals surface area contributed by atoms with Crippen molar-refractivity contribution < 1.29 is 4.79 Å². The minimum absolute atomic E-state index is 0.189. The van der Waals surface area contributed by atoms with Crippen molar-refractivity contribution in [3.8, 4) is 0 Å². The van der Waals surface area contributed by atoms with E-state index in [1.54, 1.807) is 18.3 Å². The molecule has 0 aliphatic heterocycles. The molecular formula is C15H18ClN3O. The van der Waals surface area contributed by atoms with E-state index in [0.717, 1.165) is 5.39 Å². The van der Waals surface area contributed by atoms with Crippen molar-refractivity contribution in [3.63, 3.8) is 0 Å². The number of rotatable bonds is 4. The van der Waals surface area contributed by atoms with Crippen LogP contribution in [0.1, 0.15) is 20.3 Å². The summed E-state index contributed by atoms with van der Waals surface area (Å²) < 4.78 is 0. The van der Waals surface area contributed by atoms with Gasteiger partial charge in [-0.2, -0.15) is 0 Å². The van der Waals surface area contributed by atoms with Gasteiger partial charge in [-0.3, -0.25) is 9.78 Å². The molecule has 2 aromatic rings. The number of nitrogens with two attached hydrogens (primary N) is 1. The first-order chi connectivity index (χ1) is 9.49. The Morgan fingerprint density at radius 2 is 2.15 bits per heavy atom. The lowest BCUT2D eigenvalue weighted by molar-refractivity contribution is -0.117. The Hall–Kier alpha value is -1.65. The van der Waals surface area contributed by atoms with Crippen molar-refractivity contribution in [1.29, 1.82) is 0 Å². The molecule has 0 bridgehead atoms. The van der Waals surface area contributed by atoms with Crippen molar-refractivity contribution in [2.45, 2.75) is 26.3 Å². The number of nitrogens with one attached hydrogen (secondary N) is 1. The highest BCUT2D eigenvalue weighted by atomic mass is 35.5. The zero-order valence-electron chi connectivity index (χ0n) is 11.6. The van der Waals surface area contributed by atoms with Crippen LogP contribution >= 0.6 is 11.6 Å². The minimum Gasteiger partial charge on any atom is -0.324 e. The highest BCUT2D eigenvalue weighted by molar-refractivity contribution is 6.35. The molecule has 2 rings (SSSR count). The number of anilines is 1. The van der Waals surface area contributed by atoms with Gasteiger partial charge in [0.2, 0.25) is 5.91 Å². The van der Waals surface area contributed by atoms with Crippen molar-refractivity contribution in [3.05, 3.63) is 35.5 Å². The van der Waals surface area contributed by atoms with Gasteiger partial charge in [0.25, 0.3) is 0 Å². The number of carbonyl (C=O) groups excluding carboxylic acids is 1. The molecule has 0 spiro atoms. The Morgan fingerprint density at radius 3 is 2.85 bits per heavy atom. The van der Waals surface area contributed by atoms with Crippen LogP contribution in [0.25, 0.3) is 10.9 Å². The molecule has 1 atom stereocenters. The number of hydrogen-bond donors (Lipinski definition) is 2. The van der Waals surface area contributed by atoms with Crippen molar-refractivity contribution in [2.75, 3.05) is 5.32 Å². The molecule has 0 fully saturated rings. The van der Waals surface area contributed by atoms with Gasteiger partial charge in [0.1, 0.15) is 0 Å². The number of fused-ring (bicyclic) bond motifs is 1. The molecular weight excluding hydrogens is 274 g/mol. The summed E-state index contributed by atoms with van der Waals surface area (Å²) in [5.74, 6) is 0.186. The number of amides is 1. The third-order valence-corrected chi connectivity index (χ3v) is 3.35. The fourth-order valence-electron chi connectivity index (χ4n) is 2.09. The molecule has 1 aromatic heterocycles.